The van der Waals surface area contributed by atoms with Gasteiger partial charge >= 0.3 is 0 Å². The second-order valence-electron chi connectivity index (χ2n) is 6.36. The third-order valence-electron chi connectivity index (χ3n) is 4.74. The van der Waals surface area contributed by atoms with Gasteiger partial charge in [0.15, 0.2) is 0 Å². The summed E-state index contributed by atoms with van der Waals surface area (Å²) >= 11 is 13.4. The highest BCUT2D eigenvalue weighted by atomic mass is 35.5. The summed E-state index contributed by atoms with van der Waals surface area (Å²) in [5.74, 6) is -0.109. The van der Waals surface area contributed by atoms with Crippen molar-refractivity contribution in [2.75, 3.05) is 13.2 Å². The van der Waals surface area contributed by atoms with Gasteiger partial charge in [-0.25, -0.2) is 4.98 Å². The van der Waals surface area contributed by atoms with Gasteiger partial charge in [-0.1, -0.05) is 42.6 Å². The van der Waals surface area contributed by atoms with Crippen molar-refractivity contribution in [3.63, 3.8) is 0 Å². The van der Waals surface area contributed by atoms with Crippen molar-refractivity contribution in [1.82, 2.24) is 9.88 Å². The number of nitrogens with zero attached hydrogens (tertiary/aromatic N) is 2. The van der Waals surface area contributed by atoms with Gasteiger partial charge in [-0.05, 0) is 31.4 Å². The van der Waals surface area contributed by atoms with Crippen LogP contribution in [0.3, 0.4) is 0 Å². The van der Waals surface area contributed by atoms with Crippen LogP contribution in [-0.4, -0.2) is 39.6 Å². The van der Waals surface area contributed by atoms with E-state index in [2.05, 4.69) is 11.9 Å². The molecule has 1 aromatic heterocycles. The molecule has 3 rings (SSSR count). The molecule has 0 saturated carbocycles. The molecule has 0 radical (unpaired) electrons. The van der Waals surface area contributed by atoms with Crippen molar-refractivity contribution in [2.45, 2.75) is 38.1 Å². The zero-order valence-corrected chi connectivity index (χ0v) is 16.3. The highest BCUT2D eigenvalue weighted by molar-refractivity contribution is 7.13. The number of rotatable bonds is 5. The second-order valence-corrected chi connectivity index (χ2v) is 8.03. The summed E-state index contributed by atoms with van der Waals surface area (Å²) in [7, 11) is 0. The molecule has 1 fully saturated rings. The molecule has 1 atom stereocenters. The monoisotopic (exact) mass is 398 g/mol. The third-order valence-corrected chi connectivity index (χ3v) is 6.37. The number of benzene rings is 1. The van der Waals surface area contributed by atoms with Crippen LogP contribution in [0.15, 0.2) is 23.6 Å². The van der Waals surface area contributed by atoms with Gasteiger partial charge < -0.3 is 10.0 Å². The first-order chi connectivity index (χ1) is 12.0. The molecule has 1 saturated heterocycles. The van der Waals surface area contributed by atoms with Crippen LogP contribution in [0.5, 0.6) is 0 Å². The normalized spacial score (nSPS) is 20.2. The highest BCUT2D eigenvalue weighted by Gasteiger charge is 2.43. The van der Waals surface area contributed by atoms with Crippen molar-refractivity contribution in [2.24, 2.45) is 0 Å². The number of hydrogen-bond donors (Lipinski definition) is 1. The number of thiazole rings is 1. The minimum atomic E-state index is -0.445. The van der Waals surface area contributed by atoms with Crippen LogP contribution in [0, 0.1) is 0 Å². The van der Waals surface area contributed by atoms with E-state index in [0.717, 1.165) is 36.3 Å². The van der Waals surface area contributed by atoms with Crippen LogP contribution in [0.1, 0.15) is 43.1 Å². The molecule has 1 amide bonds. The Kier molecular flexibility index (Phi) is 5.68. The largest absolute Gasteiger partial charge is 0.394 e. The van der Waals surface area contributed by atoms with E-state index in [1.54, 1.807) is 17.5 Å². The quantitative estimate of drug-likeness (QED) is 0.779. The summed E-state index contributed by atoms with van der Waals surface area (Å²) < 4.78 is 0. The van der Waals surface area contributed by atoms with Gasteiger partial charge in [0.25, 0.3) is 5.91 Å². The maximum absolute atomic E-state index is 13.0. The predicted molar refractivity (Wildman–Crippen MR) is 103 cm³/mol. The lowest BCUT2D eigenvalue weighted by Gasteiger charge is -2.36. The number of carbonyl (C=O) groups is 1. The number of halogens is 2. The van der Waals surface area contributed by atoms with E-state index in [1.165, 1.54) is 11.3 Å². The third kappa shape index (κ3) is 3.56. The summed E-state index contributed by atoms with van der Waals surface area (Å²) in [6.07, 6.45) is 3.48. The van der Waals surface area contributed by atoms with Crippen molar-refractivity contribution < 1.29 is 9.90 Å². The van der Waals surface area contributed by atoms with E-state index in [4.69, 9.17) is 23.2 Å². The summed E-state index contributed by atoms with van der Waals surface area (Å²) in [5.41, 5.74) is 0.808. The van der Waals surface area contributed by atoms with Gasteiger partial charge in [0.05, 0.1) is 22.2 Å². The van der Waals surface area contributed by atoms with Gasteiger partial charge in [0.2, 0.25) is 0 Å². The molecule has 1 unspecified atom stereocenters. The molecule has 4 nitrogen and oxygen atoms in total. The lowest BCUT2D eigenvalue weighted by atomic mass is 9.91. The Hall–Kier alpha value is -1.14. The van der Waals surface area contributed by atoms with E-state index >= 15 is 0 Å². The fourth-order valence-electron chi connectivity index (χ4n) is 3.50. The van der Waals surface area contributed by atoms with E-state index in [9.17, 15) is 9.90 Å². The summed E-state index contributed by atoms with van der Waals surface area (Å²) in [4.78, 5) is 19.3. The molecule has 7 heteroatoms. The lowest BCUT2D eigenvalue weighted by Crippen LogP contribution is -2.50. The molecule has 2 aromatic rings. The van der Waals surface area contributed by atoms with E-state index in [-0.39, 0.29) is 12.5 Å². The zero-order valence-electron chi connectivity index (χ0n) is 14.0. The maximum Gasteiger partial charge on any atom is 0.273 e. The number of aliphatic hydroxyl groups is 1. The van der Waals surface area contributed by atoms with Crippen LogP contribution in [0.25, 0.3) is 10.6 Å². The number of aliphatic hydroxyl groups excluding tert-OH is 1. The average Bonchev–Trinajstić information content (AvgIpc) is 3.25. The minimum absolute atomic E-state index is 0.00360. The molecule has 1 N–H and O–H groups in total. The Labute approximate surface area is 161 Å². The number of hydrogen-bond acceptors (Lipinski definition) is 4. The van der Waals surface area contributed by atoms with Gasteiger partial charge in [-0.15, -0.1) is 11.3 Å². The van der Waals surface area contributed by atoms with Crippen LogP contribution in [0.2, 0.25) is 10.0 Å². The number of carbonyl (C=O) groups excluding carboxylic acids is 1. The molecule has 0 bridgehead atoms. The maximum atomic E-state index is 13.0. The number of aromatic nitrogens is 1. The first kappa shape index (κ1) is 18.6. The van der Waals surface area contributed by atoms with Gasteiger partial charge in [0.1, 0.15) is 10.7 Å². The Morgan fingerprint density at radius 2 is 2.20 bits per heavy atom. The highest BCUT2D eigenvalue weighted by Crippen LogP contribution is 2.36. The number of amides is 1. The Morgan fingerprint density at radius 3 is 2.88 bits per heavy atom. The molecule has 1 aliphatic rings. The molecule has 0 spiro atoms. The fourth-order valence-corrected chi connectivity index (χ4v) is 4.59. The molecular weight excluding hydrogens is 379 g/mol. The first-order valence-corrected chi connectivity index (χ1v) is 9.98. The Balaban J connectivity index is 1.86. The molecule has 2 heterocycles. The molecule has 1 aromatic carbocycles. The van der Waals surface area contributed by atoms with Crippen molar-refractivity contribution in [3.05, 3.63) is 39.3 Å². The Morgan fingerprint density at radius 1 is 1.40 bits per heavy atom. The second kappa shape index (κ2) is 7.62. The van der Waals surface area contributed by atoms with Crippen molar-refractivity contribution >= 4 is 40.4 Å². The number of likely N-dealkylation sites (tertiary alicyclic amines) is 1. The summed E-state index contributed by atoms with van der Waals surface area (Å²) in [6, 6.07) is 5.31. The van der Waals surface area contributed by atoms with Crippen LogP contribution in [0.4, 0.5) is 0 Å². The van der Waals surface area contributed by atoms with Gasteiger partial charge in [0, 0.05) is 17.5 Å². The molecule has 25 heavy (non-hydrogen) atoms. The van der Waals surface area contributed by atoms with Gasteiger partial charge in [-0.3, -0.25) is 4.79 Å². The minimum Gasteiger partial charge on any atom is -0.394 e. The molecule has 0 aliphatic carbocycles. The zero-order chi connectivity index (χ0) is 18.0. The van der Waals surface area contributed by atoms with Crippen molar-refractivity contribution in [3.8, 4) is 10.6 Å². The predicted octanol–water partition coefficient (Wildman–Crippen LogP) is 4.88. The fraction of sp³-hybridized carbons (Fsp3) is 0.444. The summed E-state index contributed by atoms with van der Waals surface area (Å²) in [5, 5.41) is 13.4. The van der Waals surface area contributed by atoms with E-state index < -0.39 is 5.54 Å². The van der Waals surface area contributed by atoms with Crippen LogP contribution in [-0.2, 0) is 0 Å². The topological polar surface area (TPSA) is 53.4 Å². The molecular formula is C18H20Cl2N2O2S. The first-order valence-electron chi connectivity index (χ1n) is 8.34. The SMILES string of the molecule is CCCC1(CO)CCCN1C(=O)c1csc(-c2ccc(Cl)c(Cl)c2)n1. The standard InChI is InChI=1S/C18H20Cl2N2O2S/c1-2-6-18(11-23)7-3-8-22(18)17(24)15-10-25-16(21-15)12-4-5-13(19)14(20)9-12/h4-5,9-10,23H,2-3,6-8,11H2,1H3. The molecule has 134 valence electrons. The molecule has 1 aliphatic heterocycles. The lowest BCUT2D eigenvalue weighted by molar-refractivity contribution is 0.0372. The van der Waals surface area contributed by atoms with Crippen LogP contribution < -0.4 is 0 Å². The Bertz CT molecular complexity index is 780. The van der Waals surface area contributed by atoms with E-state index in [0.29, 0.717) is 22.3 Å². The van der Waals surface area contributed by atoms with E-state index in [1.807, 2.05) is 11.0 Å². The van der Waals surface area contributed by atoms with Crippen LogP contribution >= 0.6 is 34.5 Å². The van der Waals surface area contributed by atoms with Crippen molar-refractivity contribution in [1.29, 1.82) is 0 Å². The average molecular weight is 399 g/mol. The van der Waals surface area contributed by atoms with Gasteiger partial charge in [-0.2, -0.15) is 0 Å². The smallest absolute Gasteiger partial charge is 0.273 e. The summed E-state index contributed by atoms with van der Waals surface area (Å²) in [6.45, 7) is 2.74.